The Labute approximate surface area is 168 Å². The maximum absolute atomic E-state index is 13.0. The number of rotatable bonds is 5. The lowest BCUT2D eigenvalue weighted by atomic mass is 9.98. The Balaban J connectivity index is 1.38. The number of hydrogen-bond acceptors (Lipinski definition) is 5. The fraction of sp³-hybridized carbons (Fsp3) is 0.381. The molecule has 0 saturated carbocycles. The molecule has 1 saturated heterocycles. The van der Waals surface area contributed by atoms with Gasteiger partial charge in [-0.2, -0.15) is 5.10 Å². The summed E-state index contributed by atoms with van der Waals surface area (Å²) in [5, 5.41) is 8.17. The summed E-state index contributed by atoms with van der Waals surface area (Å²) in [6.45, 7) is 3.69. The minimum absolute atomic E-state index is 0.145. The van der Waals surface area contributed by atoms with Crippen molar-refractivity contribution < 1.29 is 18.4 Å². The summed E-state index contributed by atoms with van der Waals surface area (Å²) in [7, 11) is 1.85. The molecule has 3 aromatic rings. The van der Waals surface area contributed by atoms with Gasteiger partial charge in [0.15, 0.2) is 11.5 Å². The normalized spacial score (nSPS) is 16.8. The molecule has 29 heavy (non-hydrogen) atoms. The van der Waals surface area contributed by atoms with Crippen molar-refractivity contribution in [1.29, 1.82) is 0 Å². The van der Waals surface area contributed by atoms with Crippen molar-refractivity contribution in [2.75, 3.05) is 19.7 Å². The summed E-state index contributed by atoms with van der Waals surface area (Å²) in [5.41, 5.74) is 2.06. The van der Waals surface area contributed by atoms with Gasteiger partial charge in [0.05, 0.1) is 18.4 Å². The van der Waals surface area contributed by atoms with Crippen LogP contribution in [0.4, 0.5) is 4.39 Å². The topological polar surface area (TPSA) is 73.4 Å². The first-order chi connectivity index (χ1) is 14.0. The molecular formula is C21H23FN4O3. The number of benzene rings is 1. The molecule has 1 atom stereocenters. The Bertz CT molecular complexity index is 996. The van der Waals surface area contributed by atoms with Crippen LogP contribution in [0, 0.1) is 18.7 Å². The van der Waals surface area contributed by atoms with E-state index in [2.05, 4.69) is 10.3 Å². The van der Waals surface area contributed by atoms with E-state index in [0.29, 0.717) is 36.9 Å². The van der Waals surface area contributed by atoms with Gasteiger partial charge in [0.25, 0.3) is 5.91 Å². The second-order valence-electron chi connectivity index (χ2n) is 7.37. The predicted octanol–water partition coefficient (Wildman–Crippen LogP) is 3.45. The molecule has 0 spiro atoms. The third-order valence-corrected chi connectivity index (χ3v) is 5.34. The smallest absolute Gasteiger partial charge is 0.276 e. The number of likely N-dealkylation sites (tertiary alicyclic amines) is 1. The van der Waals surface area contributed by atoms with Crippen molar-refractivity contribution >= 4 is 5.91 Å². The maximum Gasteiger partial charge on any atom is 0.276 e. The molecule has 1 aliphatic heterocycles. The summed E-state index contributed by atoms with van der Waals surface area (Å²) in [5.74, 6) is 0.938. The minimum Gasteiger partial charge on any atom is -0.493 e. The number of nitrogens with zero attached hydrogens (tertiary/aromatic N) is 4. The molecule has 0 radical (unpaired) electrons. The number of piperidine rings is 1. The average molecular weight is 398 g/mol. The minimum atomic E-state index is -0.291. The Morgan fingerprint density at radius 1 is 1.34 bits per heavy atom. The number of hydrogen-bond donors (Lipinski definition) is 0. The molecule has 1 unspecified atom stereocenters. The third kappa shape index (κ3) is 4.16. The first kappa shape index (κ1) is 19.2. The van der Waals surface area contributed by atoms with Crippen molar-refractivity contribution in [3.63, 3.8) is 0 Å². The van der Waals surface area contributed by atoms with Gasteiger partial charge in [-0.1, -0.05) is 5.16 Å². The zero-order chi connectivity index (χ0) is 20.4. The van der Waals surface area contributed by atoms with E-state index in [1.54, 1.807) is 34.0 Å². The zero-order valence-electron chi connectivity index (χ0n) is 16.5. The molecule has 1 amide bonds. The van der Waals surface area contributed by atoms with E-state index < -0.39 is 0 Å². The van der Waals surface area contributed by atoms with Crippen LogP contribution in [0.3, 0.4) is 0 Å². The molecule has 0 aliphatic carbocycles. The van der Waals surface area contributed by atoms with Gasteiger partial charge in [-0.25, -0.2) is 4.39 Å². The van der Waals surface area contributed by atoms with Crippen molar-refractivity contribution in [2.24, 2.45) is 13.0 Å². The highest BCUT2D eigenvalue weighted by atomic mass is 19.1. The zero-order valence-corrected chi connectivity index (χ0v) is 16.5. The van der Waals surface area contributed by atoms with E-state index in [4.69, 9.17) is 9.26 Å². The van der Waals surface area contributed by atoms with E-state index in [1.165, 1.54) is 12.1 Å². The molecule has 3 heterocycles. The second-order valence-corrected chi connectivity index (χ2v) is 7.37. The van der Waals surface area contributed by atoms with Crippen LogP contribution in [0.15, 0.2) is 41.1 Å². The van der Waals surface area contributed by atoms with Crippen LogP contribution in [0.25, 0.3) is 11.3 Å². The molecule has 0 N–H and O–H groups in total. The Morgan fingerprint density at radius 2 is 2.14 bits per heavy atom. The van der Waals surface area contributed by atoms with E-state index >= 15 is 0 Å². The lowest BCUT2D eigenvalue weighted by Crippen LogP contribution is -2.41. The molecule has 1 aliphatic rings. The summed E-state index contributed by atoms with van der Waals surface area (Å²) in [6, 6.07) is 7.64. The lowest BCUT2D eigenvalue weighted by molar-refractivity contribution is 0.0623. The van der Waals surface area contributed by atoms with E-state index in [-0.39, 0.29) is 17.6 Å². The van der Waals surface area contributed by atoms with Gasteiger partial charge >= 0.3 is 0 Å². The van der Waals surface area contributed by atoms with Crippen molar-refractivity contribution in [3.05, 3.63) is 53.7 Å². The molecular weight excluding hydrogens is 375 g/mol. The van der Waals surface area contributed by atoms with E-state index in [9.17, 15) is 9.18 Å². The quantitative estimate of drug-likeness (QED) is 0.658. The summed E-state index contributed by atoms with van der Waals surface area (Å²) < 4.78 is 25.9. The van der Waals surface area contributed by atoms with Crippen molar-refractivity contribution in [3.8, 4) is 17.1 Å². The summed E-state index contributed by atoms with van der Waals surface area (Å²) in [6.07, 6.45) is 3.58. The van der Waals surface area contributed by atoms with Gasteiger partial charge in [0.1, 0.15) is 11.6 Å². The van der Waals surface area contributed by atoms with Gasteiger partial charge in [-0.15, -0.1) is 0 Å². The van der Waals surface area contributed by atoms with Crippen LogP contribution >= 0.6 is 0 Å². The highest BCUT2D eigenvalue weighted by Crippen LogP contribution is 2.25. The number of aryl methyl sites for hydroxylation is 1. The van der Waals surface area contributed by atoms with Gasteiger partial charge in [0, 0.05) is 37.8 Å². The molecule has 1 aromatic carbocycles. The number of ether oxygens (including phenoxy) is 1. The van der Waals surface area contributed by atoms with Crippen molar-refractivity contribution in [2.45, 2.75) is 19.8 Å². The molecule has 2 aromatic heterocycles. The third-order valence-electron chi connectivity index (χ3n) is 5.34. The molecule has 4 rings (SSSR count). The van der Waals surface area contributed by atoms with E-state index in [1.807, 2.05) is 14.0 Å². The van der Waals surface area contributed by atoms with E-state index in [0.717, 1.165) is 24.1 Å². The van der Waals surface area contributed by atoms with Gasteiger partial charge in [0.2, 0.25) is 0 Å². The van der Waals surface area contributed by atoms with Crippen LogP contribution in [0.1, 0.15) is 29.0 Å². The first-order valence-electron chi connectivity index (χ1n) is 9.64. The number of carbonyl (C=O) groups excluding carboxylic acids is 1. The number of amides is 1. The number of carbonyl (C=O) groups is 1. The largest absolute Gasteiger partial charge is 0.493 e. The van der Waals surface area contributed by atoms with Gasteiger partial charge in [-0.05, 0) is 44.0 Å². The SMILES string of the molecule is Cc1c(-c2cc(C(=O)N3CCCC(COc4ccc(F)cc4)C3)no2)cnn1C. The van der Waals surface area contributed by atoms with Gasteiger partial charge in [-0.3, -0.25) is 9.48 Å². The van der Waals surface area contributed by atoms with Crippen LogP contribution < -0.4 is 4.74 Å². The monoisotopic (exact) mass is 398 g/mol. The predicted molar refractivity (Wildman–Crippen MR) is 104 cm³/mol. The molecule has 1 fully saturated rings. The van der Waals surface area contributed by atoms with Crippen LogP contribution in [-0.2, 0) is 7.05 Å². The number of aromatic nitrogens is 3. The van der Waals surface area contributed by atoms with Crippen LogP contribution in [0.2, 0.25) is 0 Å². The fourth-order valence-electron chi connectivity index (χ4n) is 3.54. The highest BCUT2D eigenvalue weighted by molar-refractivity contribution is 5.93. The standard InChI is InChI=1S/C21H23FN4O3/c1-14-18(11-23-25(14)2)20-10-19(24-29-20)21(27)26-9-3-4-15(12-26)13-28-17-7-5-16(22)6-8-17/h5-8,10-11,15H,3-4,9,12-13H2,1-2H3. The lowest BCUT2D eigenvalue weighted by Gasteiger charge is -2.32. The summed E-state index contributed by atoms with van der Waals surface area (Å²) >= 11 is 0. The fourth-order valence-corrected chi connectivity index (χ4v) is 3.54. The van der Waals surface area contributed by atoms with Crippen LogP contribution in [0.5, 0.6) is 5.75 Å². The van der Waals surface area contributed by atoms with Gasteiger partial charge < -0.3 is 14.2 Å². The second kappa shape index (κ2) is 8.06. The number of halogens is 1. The average Bonchev–Trinajstić information content (AvgIpc) is 3.34. The molecule has 8 heteroatoms. The molecule has 152 valence electrons. The highest BCUT2D eigenvalue weighted by Gasteiger charge is 2.27. The molecule has 7 nitrogen and oxygen atoms in total. The van der Waals surface area contributed by atoms with Crippen molar-refractivity contribution in [1.82, 2.24) is 19.8 Å². The molecule has 0 bridgehead atoms. The maximum atomic E-state index is 13.0. The Hall–Kier alpha value is -3.16. The van der Waals surface area contributed by atoms with Crippen LogP contribution in [-0.4, -0.2) is 45.4 Å². The first-order valence-corrected chi connectivity index (χ1v) is 9.64. The Kier molecular flexibility index (Phi) is 5.33. The Morgan fingerprint density at radius 3 is 2.86 bits per heavy atom. The summed E-state index contributed by atoms with van der Waals surface area (Å²) in [4.78, 5) is 14.7.